The summed E-state index contributed by atoms with van der Waals surface area (Å²) in [6, 6.07) is 3.83. The SMILES string of the molecule is Cn1c(Cl)cnc1COc1cccc(F)c1C(=O)O. The van der Waals surface area contributed by atoms with Gasteiger partial charge in [-0.3, -0.25) is 0 Å². The molecule has 0 saturated carbocycles. The van der Waals surface area contributed by atoms with Gasteiger partial charge in [0.1, 0.15) is 34.7 Å². The number of hydrogen-bond donors (Lipinski definition) is 1. The van der Waals surface area contributed by atoms with Crippen LogP contribution < -0.4 is 4.74 Å². The van der Waals surface area contributed by atoms with Gasteiger partial charge in [-0.25, -0.2) is 14.2 Å². The highest BCUT2D eigenvalue weighted by Crippen LogP contribution is 2.22. The zero-order valence-electron chi connectivity index (χ0n) is 9.93. The van der Waals surface area contributed by atoms with Crippen molar-refractivity contribution in [1.29, 1.82) is 0 Å². The molecule has 0 bridgehead atoms. The second kappa shape index (κ2) is 5.27. The molecule has 1 aromatic heterocycles. The van der Waals surface area contributed by atoms with Crippen LogP contribution in [0.1, 0.15) is 16.2 Å². The Balaban J connectivity index is 2.23. The van der Waals surface area contributed by atoms with Crippen molar-refractivity contribution >= 4 is 17.6 Å². The summed E-state index contributed by atoms with van der Waals surface area (Å²) < 4.78 is 20.3. The first kappa shape index (κ1) is 13.4. The molecule has 19 heavy (non-hydrogen) atoms. The Morgan fingerprint density at radius 1 is 1.58 bits per heavy atom. The van der Waals surface area contributed by atoms with Crippen LogP contribution in [-0.4, -0.2) is 20.6 Å². The molecule has 5 nitrogen and oxygen atoms in total. The lowest BCUT2D eigenvalue weighted by Crippen LogP contribution is -2.08. The predicted molar refractivity (Wildman–Crippen MR) is 65.9 cm³/mol. The highest BCUT2D eigenvalue weighted by atomic mass is 35.5. The molecule has 0 spiro atoms. The number of halogens is 2. The highest BCUT2D eigenvalue weighted by Gasteiger charge is 2.17. The van der Waals surface area contributed by atoms with Gasteiger partial charge in [0.15, 0.2) is 0 Å². The van der Waals surface area contributed by atoms with Crippen molar-refractivity contribution in [2.75, 3.05) is 0 Å². The topological polar surface area (TPSA) is 64.4 Å². The molecule has 100 valence electrons. The molecule has 2 rings (SSSR count). The molecule has 2 aromatic rings. The Kier molecular flexibility index (Phi) is 3.71. The smallest absolute Gasteiger partial charge is 0.342 e. The molecule has 0 radical (unpaired) electrons. The van der Waals surface area contributed by atoms with Crippen molar-refractivity contribution in [2.24, 2.45) is 7.05 Å². The van der Waals surface area contributed by atoms with Crippen molar-refractivity contribution in [1.82, 2.24) is 9.55 Å². The highest BCUT2D eigenvalue weighted by molar-refractivity contribution is 6.29. The quantitative estimate of drug-likeness (QED) is 0.937. The Morgan fingerprint density at radius 3 is 2.89 bits per heavy atom. The first-order valence-electron chi connectivity index (χ1n) is 5.31. The van der Waals surface area contributed by atoms with Gasteiger partial charge < -0.3 is 14.4 Å². The van der Waals surface area contributed by atoms with Gasteiger partial charge in [-0.1, -0.05) is 17.7 Å². The minimum absolute atomic E-state index is 0.00699. The van der Waals surface area contributed by atoms with Gasteiger partial charge in [0.05, 0.1) is 6.20 Å². The summed E-state index contributed by atoms with van der Waals surface area (Å²) >= 11 is 5.81. The summed E-state index contributed by atoms with van der Waals surface area (Å²) in [6.45, 7) is -0.00699. The summed E-state index contributed by atoms with van der Waals surface area (Å²) in [6.07, 6.45) is 1.45. The van der Waals surface area contributed by atoms with Gasteiger partial charge in [-0.05, 0) is 12.1 Å². The van der Waals surface area contributed by atoms with Gasteiger partial charge in [0.25, 0.3) is 0 Å². The molecule has 0 aliphatic rings. The Bertz CT molecular complexity index is 627. The lowest BCUT2D eigenvalue weighted by molar-refractivity contribution is 0.0686. The Labute approximate surface area is 113 Å². The van der Waals surface area contributed by atoms with Crippen LogP contribution in [0.25, 0.3) is 0 Å². The summed E-state index contributed by atoms with van der Waals surface area (Å²) in [5, 5.41) is 9.37. The van der Waals surface area contributed by atoms with E-state index in [0.29, 0.717) is 11.0 Å². The van der Waals surface area contributed by atoms with E-state index >= 15 is 0 Å². The van der Waals surface area contributed by atoms with E-state index in [1.807, 2.05) is 0 Å². The number of nitrogens with zero attached hydrogens (tertiary/aromatic N) is 2. The van der Waals surface area contributed by atoms with Gasteiger partial charge in [0, 0.05) is 7.05 Å². The van der Waals surface area contributed by atoms with E-state index < -0.39 is 17.3 Å². The number of carbonyl (C=O) groups is 1. The van der Waals surface area contributed by atoms with Gasteiger partial charge in [0.2, 0.25) is 0 Å². The van der Waals surface area contributed by atoms with Crippen LogP contribution in [0.5, 0.6) is 5.75 Å². The summed E-state index contributed by atoms with van der Waals surface area (Å²) in [4.78, 5) is 15.0. The number of carboxylic acids is 1. The van der Waals surface area contributed by atoms with Crippen LogP contribution in [-0.2, 0) is 13.7 Å². The largest absolute Gasteiger partial charge is 0.485 e. The van der Waals surface area contributed by atoms with Crippen LogP contribution in [0.15, 0.2) is 24.4 Å². The molecular weight excluding hydrogens is 275 g/mol. The zero-order chi connectivity index (χ0) is 14.0. The third-order valence-corrected chi connectivity index (χ3v) is 2.92. The van der Waals surface area contributed by atoms with Crippen LogP contribution in [0.2, 0.25) is 5.15 Å². The molecule has 1 heterocycles. The lowest BCUT2D eigenvalue weighted by Gasteiger charge is -2.09. The third-order valence-electron chi connectivity index (χ3n) is 2.57. The average molecular weight is 285 g/mol. The molecule has 0 saturated heterocycles. The molecule has 0 unspecified atom stereocenters. The molecule has 7 heteroatoms. The van der Waals surface area contributed by atoms with E-state index in [9.17, 15) is 9.18 Å². The Hall–Kier alpha value is -2.08. The number of aromatic carboxylic acids is 1. The average Bonchev–Trinajstić information content (AvgIpc) is 2.67. The molecule has 0 aliphatic carbocycles. The van der Waals surface area contributed by atoms with Gasteiger partial charge >= 0.3 is 5.97 Å². The fourth-order valence-corrected chi connectivity index (χ4v) is 1.68. The number of benzene rings is 1. The van der Waals surface area contributed by atoms with Crippen LogP contribution in [0.3, 0.4) is 0 Å². The third kappa shape index (κ3) is 2.68. The molecule has 1 aromatic carbocycles. The van der Waals surface area contributed by atoms with Crippen LogP contribution in [0, 0.1) is 5.82 Å². The van der Waals surface area contributed by atoms with E-state index in [1.165, 1.54) is 18.3 Å². The van der Waals surface area contributed by atoms with E-state index in [0.717, 1.165) is 6.07 Å². The fraction of sp³-hybridized carbons (Fsp3) is 0.167. The second-order valence-corrected chi connectivity index (χ2v) is 4.15. The maximum atomic E-state index is 13.4. The summed E-state index contributed by atoms with van der Waals surface area (Å²) in [5.74, 6) is -1.77. The molecule has 0 fully saturated rings. The lowest BCUT2D eigenvalue weighted by atomic mass is 10.2. The second-order valence-electron chi connectivity index (χ2n) is 3.76. The molecule has 1 N–H and O–H groups in total. The minimum Gasteiger partial charge on any atom is -0.485 e. The van der Waals surface area contributed by atoms with Gasteiger partial charge in [-0.2, -0.15) is 0 Å². The van der Waals surface area contributed by atoms with Crippen LogP contribution in [0.4, 0.5) is 4.39 Å². The standard InChI is InChI=1S/C12H10ClFN2O3/c1-16-9(13)5-15-10(16)6-19-8-4-2-3-7(14)11(8)12(17)18/h2-5H,6H2,1H3,(H,17,18). The first-order chi connectivity index (χ1) is 9.00. The zero-order valence-corrected chi connectivity index (χ0v) is 10.7. The monoisotopic (exact) mass is 284 g/mol. The maximum Gasteiger partial charge on any atom is 0.342 e. The first-order valence-corrected chi connectivity index (χ1v) is 5.69. The Morgan fingerprint density at radius 2 is 2.32 bits per heavy atom. The molecular formula is C12H10ClFN2O3. The molecule has 0 amide bonds. The van der Waals surface area contributed by atoms with Crippen molar-refractivity contribution in [3.8, 4) is 5.75 Å². The van der Waals surface area contributed by atoms with E-state index in [2.05, 4.69) is 4.98 Å². The fourth-order valence-electron chi connectivity index (χ4n) is 1.53. The number of rotatable bonds is 4. The number of imidazole rings is 1. The van der Waals surface area contributed by atoms with Crippen molar-refractivity contribution < 1.29 is 19.0 Å². The van der Waals surface area contributed by atoms with Crippen molar-refractivity contribution in [2.45, 2.75) is 6.61 Å². The van der Waals surface area contributed by atoms with E-state index in [1.54, 1.807) is 11.6 Å². The summed E-state index contributed by atoms with van der Waals surface area (Å²) in [7, 11) is 1.69. The number of aromatic nitrogens is 2. The number of carboxylic acid groups (broad SMARTS) is 1. The number of ether oxygens (including phenoxy) is 1. The number of hydrogen-bond acceptors (Lipinski definition) is 3. The molecule has 0 aliphatic heterocycles. The van der Waals surface area contributed by atoms with Crippen molar-refractivity contribution in [3.05, 3.63) is 46.8 Å². The predicted octanol–water partition coefficient (Wildman–Crippen LogP) is 2.49. The van der Waals surface area contributed by atoms with Gasteiger partial charge in [-0.15, -0.1) is 0 Å². The van der Waals surface area contributed by atoms with Crippen LogP contribution >= 0.6 is 11.6 Å². The van der Waals surface area contributed by atoms with E-state index in [-0.39, 0.29) is 12.4 Å². The summed E-state index contributed by atoms with van der Waals surface area (Å²) in [5.41, 5.74) is -0.497. The van der Waals surface area contributed by atoms with E-state index in [4.69, 9.17) is 21.4 Å². The van der Waals surface area contributed by atoms with Crippen molar-refractivity contribution in [3.63, 3.8) is 0 Å². The molecule has 0 atom stereocenters. The minimum atomic E-state index is -1.38. The maximum absolute atomic E-state index is 13.4. The normalized spacial score (nSPS) is 10.5.